The van der Waals surface area contributed by atoms with Crippen LogP contribution in [0.1, 0.15) is 23.7 Å². The lowest BCUT2D eigenvalue weighted by Crippen LogP contribution is -2.47. The Hall–Kier alpha value is -2.40. The average Bonchev–Trinajstić information content (AvgIpc) is 3.20. The molecule has 2 aliphatic heterocycles. The molecule has 0 saturated carbocycles. The van der Waals surface area contributed by atoms with Crippen LogP contribution >= 0.6 is 0 Å². The number of alkyl halides is 3. The molecule has 2 N–H and O–H groups in total. The van der Waals surface area contributed by atoms with Gasteiger partial charge in [0.15, 0.2) is 0 Å². The van der Waals surface area contributed by atoms with E-state index in [1.54, 1.807) is 6.20 Å². The quantitative estimate of drug-likeness (QED) is 0.802. The minimum absolute atomic E-state index is 0.0830. The van der Waals surface area contributed by atoms with Gasteiger partial charge in [0.2, 0.25) is 5.95 Å². The van der Waals surface area contributed by atoms with E-state index in [9.17, 15) is 13.2 Å². The Morgan fingerprint density at radius 2 is 2.00 bits per heavy atom. The molecule has 0 aromatic carbocycles. The topological polar surface area (TPSA) is 80.1 Å². The van der Waals surface area contributed by atoms with Gasteiger partial charge in [0, 0.05) is 26.3 Å². The number of halogens is 3. The zero-order valence-corrected chi connectivity index (χ0v) is 15.6. The summed E-state index contributed by atoms with van der Waals surface area (Å²) in [6.07, 6.45) is -1.09. The second kappa shape index (κ2) is 7.21. The number of aromatic nitrogens is 4. The van der Waals surface area contributed by atoms with Crippen LogP contribution in [0.15, 0.2) is 12.4 Å². The highest BCUT2D eigenvalue weighted by Gasteiger charge is 2.35. The van der Waals surface area contributed by atoms with Gasteiger partial charge in [-0.15, -0.1) is 0 Å². The first-order valence-electron chi connectivity index (χ1n) is 9.11. The SMILES string of the molecule is CNc1nc(Nc2cnn([C@@H]3CCN(C4COC4)C3)c2C)ncc1C(F)(F)F. The smallest absolute Gasteiger partial charge is 0.378 e. The number of rotatable bonds is 5. The summed E-state index contributed by atoms with van der Waals surface area (Å²) in [7, 11) is 1.39. The van der Waals surface area contributed by atoms with E-state index < -0.39 is 11.7 Å². The van der Waals surface area contributed by atoms with Gasteiger partial charge in [-0.3, -0.25) is 9.58 Å². The molecule has 8 nitrogen and oxygen atoms in total. The summed E-state index contributed by atoms with van der Waals surface area (Å²) in [6.45, 7) is 5.42. The predicted octanol–water partition coefficient (Wildman–Crippen LogP) is 2.43. The van der Waals surface area contributed by atoms with Crippen LogP contribution in [0, 0.1) is 6.92 Å². The standard InChI is InChI=1S/C17H22F3N7O/c1-10-14(24-16-22-5-13(17(18,19)20)15(21-2)25-16)6-23-27(10)11-3-4-26(7-11)12-8-28-9-12/h5-6,11-12H,3-4,7-9H2,1-2H3,(H2,21,22,24,25)/t11-/m1/s1. The fourth-order valence-electron chi connectivity index (χ4n) is 3.61. The Morgan fingerprint density at radius 1 is 1.21 bits per heavy atom. The molecule has 0 spiro atoms. The van der Waals surface area contributed by atoms with Crippen molar-refractivity contribution in [1.82, 2.24) is 24.6 Å². The third kappa shape index (κ3) is 3.51. The summed E-state index contributed by atoms with van der Waals surface area (Å²) in [5, 5.41) is 9.93. The van der Waals surface area contributed by atoms with E-state index >= 15 is 0 Å². The van der Waals surface area contributed by atoms with Crippen molar-refractivity contribution in [2.45, 2.75) is 31.6 Å². The molecular formula is C17H22F3N7O. The van der Waals surface area contributed by atoms with Gasteiger partial charge in [-0.2, -0.15) is 23.3 Å². The third-order valence-electron chi connectivity index (χ3n) is 5.30. The first kappa shape index (κ1) is 18.9. The molecule has 0 bridgehead atoms. The molecule has 0 radical (unpaired) electrons. The largest absolute Gasteiger partial charge is 0.421 e. The van der Waals surface area contributed by atoms with Crippen LogP contribution in [0.5, 0.6) is 0 Å². The maximum absolute atomic E-state index is 13.0. The highest BCUT2D eigenvalue weighted by atomic mass is 19.4. The summed E-state index contributed by atoms with van der Waals surface area (Å²) >= 11 is 0. The molecule has 1 atom stereocenters. The van der Waals surface area contributed by atoms with Crippen molar-refractivity contribution in [2.75, 3.05) is 44.0 Å². The molecule has 2 aromatic heterocycles. The number of hydrogen-bond acceptors (Lipinski definition) is 7. The number of hydrogen-bond donors (Lipinski definition) is 2. The second-order valence-corrected chi connectivity index (χ2v) is 7.05. The third-order valence-corrected chi connectivity index (χ3v) is 5.30. The zero-order valence-electron chi connectivity index (χ0n) is 15.6. The van der Waals surface area contributed by atoms with Crippen molar-refractivity contribution in [2.24, 2.45) is 0 Å². The maximum atomic E-state index is 13.0. The van der Waals surface area contributed by atoms with Crippen LogP contribution in [-0.2, 0) is 10.9 Å². The number of nitrogens with zero attached hydrogens (tertiary/aromatic N) is 5. The van der Waals surface area contributed by atoms with E-state index in [0.29, 0.717) is 11.7 Å². The van der Waals surface area contributed by atoms with Gasteiger partial charge in [0.25, 0.3) is 0 Å². The van der Waals surface area contributed by atoms with E-state index in [4.69, 9.17) is 4.74 Å². The molecule has 0 unspecified atom stereocenters. The van der Waals surface area contributed by atoms with Crippen LogP contribution < -0.4 is 10.6 Å². The van der Waals surface area contributed by atoms with Gasteiger partial charge in [-0.05, 0) is 13.3 Å². The first-order chi connectivity index (χ1) is 13.4. The Morgan fingerprint density at radius 3 is 2.64 bits per heavy atom. The molecule has 2 aromatic rings. The summed E-state index contributed by atoms with van der Waals surface area (Å²) < 4.78 is 46.2. The maximum Gasteiger partial charge on any atom is 0.421 e. The summed E-state index contributed by atoms with van der Waals surface area (Å²) in [4.78, 5) is 10.2. The molecule has 28 heavy (non-hydrogen) atoms. The van der Waals surface area contributed by atoms with Crippen LogP contribution in [0.4, 0.5) is 30.6 Å². The van der Waals surface area contributed by atoms with E-state index in [-0.39, 0.29) is 17.8 Å². The summed E-state index contributed by atoms with van der Waals surface area (Å²) in [5.74, 6) is -0.191. The van der Waals surface area contributed by atoms with Crippen LogP contribution in [0.25, 0.3) is 0 Å². The lowest BCUT2D eigenvalue weighted by atomic mass is 10.2. The zero-order chi connectivity index (χ0) is 19.9. The molecule has 0 amide bonds. The highest BCUT2D eigenvalue weighted by molar-refractivity contribution is 5.58. The normalized spacial score (nSPS) is 21.0. The lowest BCUT2D eigenvalue weighted by Gasteiger charge is -2.34. The fraction of sp³-hybridized carbons (Fsp3) is 0.588. The average molecular weight is 397 g/mol. The van der Waals surface area contributed by atoms with Crippen molar-refractivity contribution in [3.8, 4) is 0 Å². The van der Waals surface area contributed by atoms with Gasteiger partial charge < -0.3 is 15.4 Å². The first-order valence-corrected chi connectivity index (χ1v) is 9.11. The molecule has 11 heteroatoms. The van der Waals surface area contributed by atoms with Gasteiger partial charge >= 0.3 is 6.18 Å². The lowest BCUT2D eigenvalue weighted by molar-refractivity contribution is -0.137. The Kier molecular flexibility index (Phi) is 4.88. The number of ether oxygens (including phenoxy) is 1. The van der Waals surface area contributed by atoms with Crippen molar-refractivity contribution < 1.29 is 17.9 Å². The van der Waals surface area contributed by atoms with Crippen molar-refractivity contribution in [3.63, 3.8) is 0 Å². The van der Waals surface area contributed by atoms with Crippen LogP contribution in [0.2, 0.25) is 0 Å². The van der Waals surface area contributed by atoms with Gasteiger partial charge in [-0.25, -0.2) is 4.98 Å². The number of anilines is 3. The molecule has 4 rings (SSSR count). The molecule has 0 aliphatic carbocycles. The predicted molar refractivity (Wildman–Crippen MR) is 96.7 cm³/mol. The molecule has 2 aliphatic rings. The van der Waals surface area contributed by atoms with Gasteiger partial charge in [0.1, 0.15) is 11.4 Å². The minimum Gasteiger partial charge on any atom is -0.378 e. The van der Waals surface area contributed by atoms with Crippen LogP contribution in [-0.4, -0.2) is 64.0 Å². The summed E-state index contributed by atoms with van der Waals surface area (Å²) in [5.41, 5.74) is 0.664. The molecule has 152 valence electrons. The van der Waals surface area contributed by atoms with Crippen molar-refractivity contribution in [3.05, 3.63) is 23.7 Å². The summed E-state index contributed by atoms with van der Waals surface area (Å²) in [6, 6.07) is 0.761. The fourth-order valence-corrected chi connectivity index (χ4v) is 3.61. The van der Waals surface area contributed by atoms with Gasteiger partial charge in [0.05, 0.1) is 42.9 Å². The van der Waals surface area contributed by atoms with E-state index in [1.807, 2.05) is 11.6 Å². The molecule has 2 fully saturated rings. The van der Waals surface area contributed by atoms with E-state index in [1.165, 1.54) is 7.05 Å². The minimum atomic E-state index is -4.52. The Balaban J connectivity index is 1.49. The highest BCUT2D eigenvalue weighted by Crippen LogP contribution is 2.34. The molecular weight excluding hydrogens is 375 g/mol. The van der Waals surface area contributed by atoms with Crippen molar-refractivity contribution in [1.29, 1.82) is 0 Å². The second-order valence-electron chi connectivity index (χ2n) is 7.05. The molecule has 2 saturated heterocycles. The van der Waals surface area contributed by atoms with Gasteiger partial charge in [-0.1, -0.05) is 0 Å². The number of nitrogens with one attached hydrogen (secondary N) is 2. The Labute approximate surface area is 160 Å². The van der Waals surface area contributed by atoms with Crippen molar-refractivity contribution >= 4 is 17.5 Å². The number of likely N-dealkylation sites (tertiary alicyclic amines) is 1. The van der Waals surface area contributed by atoms with E-state index in [0.717, 1.165) is 44.6 Å². The Bertz CT molecular complexity index is 850. The van der Waals surface area contributed by atoms with Crippen LogP contribution in [0.3, 0.4) is 0 Å². The van der Waals surface area contributed by atoms with E-state index in [2.05, 4.69) is 30.6 Å². The monoisotopic (exact) mass is 397 g/mol. The molecule has 4 heterocycles.